The summed E-state index contributed by atoms with van der Waals surface area (Å²) in [4.78, 5) is 24.9. The number of carbonyl (C=O) groups excluding carboxylic acids is 2. The first-order chi connectivity index (χ1) is 11.6. The average molecular weight is 367 g/mol. The lowest BCUT2D eigenvalue weighted by Gasteiger charge is -2.23. The van der Waals surface area contributed by atoms with Crippen molar-refractivity contribution in [2.75, 3.05) is 10.6 Å². The normalized spacial score (nSPS) is 11.1. The Morgan fingerprint density at radius 1 is 1.00 bits per heavy atom. The first-order valence-corrected chi connectivity index (χ1v) is 7.84. The average Bonchev–Trinajstić information content (AvgIpc) is 2.53. The number of para-hydroxylation sites is 1. The molecule has 4 nitrogen and oxygen atoms in total. The standard InChI is InChI=1S/C18H17ClF2N2O2/c1-10-9-11(19)7-8-14(10)22-16(24)18(2,3)17(25)23-15-12(20)5-4-6-13(15)21/h4-9H,1-3H3,(H,22,24)(H,23,25). The fourth-order valence-corrected chi connectivity index (χ4v) is 2.26. The molecular weight excluding hydrogens is 350 g/mol. The predicted octanol–water partition coefficient (Wildman–Crippen LogP) is 4.53. The number of halogens is 3. The number of nitrogens with one attached hydrogen (secondary N) is 2. The van der Waals surface area contributed by atoms with Crippen molar-refractivity contribution in [2.45, 2.75) is 20.8 Å². The highest BCUT2D eigenvalue weighted by atomic mass is 35.5. The van der Waals surface area contributed by atoms with Crippen LogP contribution >= 0.6 is 11.6 Å². The lowest BCUT2D eigenvalue weighted by Crippen LogP contribution is -2.42. The van der Waals surface area contributed by atoms with E-state index in [1.807, 2.05) is 0 Å². The molecule has 25 heavy (non-hydrogen) atoms. The van der Waals surface area contributed by atoms with Gasteiger partial charge in [-0.15, -0.1) is 0 Å². The molecular formula is C18H17ClF2N2O2. The minimum atomic E-state index is -1.57. The summed E-state index contributed by atoms with van der Waals surface area (Å²) in [6, 6.07) is 8.10. The van der Waals surface area contributed by atoms with Crippen LogP contribution in [0.2, 0.25) is 5.02 Å². The van der Waals surface area contributed by atoms with Gasteiger partial charge in [0.25, 0.3) is 0 Å². The van der Waals surface area contributed by atoms with Crippen LogP contribution in [0.5, 0.6) is 0 Å². The van der Waals surface area contributed by atoms with Crippen molar-refractivity contribution in [1.29, 1.82) is 0 Å². The topological polar surface area (TPSA) is 58.2 Å². The van der Waals surface area contributed by atoms with Gasteiger partial charge in [0.15, 0.2) is 0 Å². The van der Waals surface area contributed by atoms with E-state index in [-0.39, 0.29) is 0 Å². The highest BCUT2D eigenvalue weighted by Crippen LogP contribution is 2.26. The molecule has 0 aliphatic rings. The van der Waals surface area contributed by atoms with Crippen molar-refractivity contribution >= 4 is 34.8 Å². The third-order valence-corrected chi connectivity index (χ3v) is 4.01. The number of rotatable bonds is 4. The number of aryl methyl sites for hydroxylation is 1. The van der Waals surface area contributed by atoms with E-state index >= 15 is 0 Å². The second-order valence-electron chi connectivity index (χ2n) is 6.09. The lowest BCUT2D eigenvalue weighted by atomic mass is 9.90. The molecule has 0 saturated heterocycles. The Morgan fingerprint density at radius 2 is 1.56 bits per heavy atom. The molecule has 2 rings (SSSR count). The zero-order valence-electron chi connectivity index (χ0n) is 13.9. The second kappa shape index (κ2) is 7.19. The minimum absolute atomic E-state index is 0.493. The third kappa shape index (κ3) is 4.14. The van der Waals surface area contributed by atoms with E-state index in [4.69, 9.17) is 11.6 Å². The first kappa shape index (κ1) is 18.9. The van der Waals surface area contributed by atoms with E-state index in [0.717, 1.165) is 17.7 Å². The summed E-state index contributed by atoms with van der Waals surface area (Å²) in [6.45, 7) is 4.48. The van der Waals surface area contributed by atoms with E-state index in [0.29, 0.717) is 10.7 Å². The summed E-state index contributed by atoms with van der Waals surface area (Å²) >= 11 is 5.87. The number of benzene rings is 2. The number of carbonyl (C=O) groups is 2. The van der Waals surface area contributed by atoms with Crippen LogP contribution in [0.4, 0.5) is 20.2 Å². The van der Waals surface area contributed by atoms with Crippen LogP contribution in [0.3, 0.4) is 0 Å². The van der Waals surface area contributed by atoms with Crippen molar-refractivity contribution in [1.82, 2.24) is 0 Å². The van der Waals surface area contributed by atoms with Crippen LogP contribution in [0.25, 0.3) is 0 Å². The molecule has 0 spiro atoms. The highest BCUT2D eigenvalue weighted by molar-refractivity contribution is 6.30. The monoisotopic (exact) mass is 366 g/mol. The molecule has 2 N–H and O–H groups in total. The fraction of sp³-hybridized carbons (Fsp3) is 0.222. The van der Waals surface area contributed by atoms with Gasteiger partial charge in [-0.05, 0) is 56.7 Å². The van der Waals surface area contributed by atoms with Crippen LogP contribution in [0.1, 0.15) is 19.4 Å². The van der Waals surface area contributed by atoms with Crippen molar-refractivity contribution in [3.63, 3.8) is 0 Å². The van der Waals surface area contributed by atoms with Gasteiger partial charge in [-0.3, -0.25) is 9.59 Å². The molecule has 2 aromatic rings. The molecule has 132 valence electrons. The minimum Gasteiger partial charge on any atom is -0.325 e. The Hall–Kier alpha value is -2.47. The number of amides is 2. The highest BCUT2D eigenvalue weighted by Gasteiger charge is 2.37. The molecule has 0 heterocycles. The van der Waals surface area contributed by atoms with Crippen LogP contribution in [-0.2, 0) is 9.59 Å². The lowest BCUT2D eigenvalue weighted by molar-refractivity contribution is -0.135. The summed E-state index contributed by atoms with van der Waals surface area (Å²) in [5, 5.41) is 5.28. The number of hydrogen-bond acceptors (Lipinski definition) is 2. The molecule has 0 unspecified atom stereocenters. The number of anilines is 2. The van der Waals surface area contributed by atoms with E-state index in [1.165, 1.54) is 19.9 Å². The van der Waals surface area contributed by atoms with Gasteiger partial charge in [-0.25, -0.2) is 8.78 Å². The van der Waals surface area contributed by atoms with Crippen molar-refractivity contribution < 1.29 is 18.4 Å². The van der Waals surface area contributed by atoms with Gasteiger partial charge in [-0.2, -0.15) is 0 Å². The Morgan fingerprint density at radius 3 is 2.12 bits per heavy atom. The Balaban J connectivity index is 2.18. The Labute approximate surface area is 149 Å². The zero-order chi connectivity index (χ0) is 18.8. The quantitative estimate of drug-likeness (QED) is 0.781. The van der Waals surface area contributed by atoms with Gasteiger partial charge in [-0.1, -0.05) is 17.7 Å². The van der Waals surface area contributed by atoms with Crippen LogP contribution in [0.15, 0.2) is 36.4 Å². The van der Waals surface area contributed by atoms with Crippen LogP contribution in [-0.4, -0.2) is 11.8 Å². The second-order valence-corrected chi connectivity index (χ2v) is 6.53. The molecule has 0 aromatic heterocycles. The smallest absolute Gasteiger partial charge is 0.239 e. The van der Waals surface area contributed by atoms with Crippen molar-refractivity contribution in [2.24, 2.45) is 5.41 Å². The SMILES string of the molecule is Cc1cc(Cl)ccc1NC(=O)C(C)(C)C(=O)Nc1c(F)cccc1F. The molecule has 0 fully saturated rings. The molecule has 2 aromatic carbocycles. The number of hydrogen-bond donors (Lipinski definition) is 2. The third-order valence-electron chi connectivity index (χ3n) is 3.77. The molecule has 0 bridgehead atoms. The van der Waals surface area contributed by atoms with E-state index < -0.39 is 34.6 Å². The summed E-state index contributed by atoms with van der Waals surface area (Å²) < 4.78 is 27.3. The van der Waals surface area contributed by atoms with Gasteiger partial charge >= 0.3 is 0 Å². The summed E-state index contributed by atoms with van der Waals surface area (Å²) in [7, 11) is 0. The summed E-state index contributed by atoms with van der Waals surface area (Å²) in [5.41, 5.74) is -0.943. The Kier molecular flexibility index (Phi) is 5.42. The predicted molar refractivity (Wildman–Crippen MR) is 93.6 cm³/mol. The molecule has 2 amide bonds. The summed E-state index contributed by atoms with van der Waals surface area (Å²) in [6.07, 6.45) is 0. The van der Waals surface area contributed by atoms with E-state index in [1.54, 1.807) is 25.1 Å². The largest absolute Gasteiger partial charge is 0.325 e. The fourth-order valence-electron chi connectivity index (χ4n) is 2.04. The van der Waals surface area contributed by atoms with E-state index in [2.05, 4.69) is 10.6 Å². The molecule has 7 heteroatoms. The van der Waals surface area contributed by atoms with Gasteiger partial charge < -0.3 is 10.6 Å². The van der Waals surface area contributed by atoms with Crippen LogP contribution < -0.4 is 10.6 Å². The molecule has 0 saturated carbocycles. The van der Waals surface area contributed by atoms with Gasteiger partial charge in [0.2, 0.25) is 11.8 Å². The maximum absolute atomic E-state index is 13.7. The van der Waals surface area contributed by atoms with Gasteiger partial charge in [0, 0.05) is 10.7 Å². The first-order valence-electron chi connectivity index (χ1n) is 7.46. The van der Waals surface area contributed by atoms with Gasteiger partial charge in [0.1, 0.15) is 22.7 Å². The van der Waals surface area contributed by atoms with E-state index in [9.17, 15) is 18.4 Å². The van der Waals surface area contributed by atoms with Gasteiger partial charge in [0.05, 0.1) is 0 Å². The maximum Gasteiger partial charge on any atom is 0.239 e. The molecule has 0 aliphatic heterocycles. The summed E-state index contributed by atoms with van der Waals surface area (Å²) in [5.74, 6) is -3.29. The molecule has 0 radical (unpaired) electrons. The van der Waals surface area contributed by atoms with Crippen molar-refractivity contribution in [3.05, 3.63) is 58.6 Å². The maximum atomic E-state index is 13.7. The van der Waals surface area contributed by atoms with Crippen molar-refractivity contribution in [3.8, 4) is 0 Å². The molecule has 0 atom stereocenters. The Bertz CT molecular complexity index is 818. The molecule has 0 aliphatic carbocycles. The van der Waals surface area contributed by atoms with Crippen LogP contribution in [0, 0.1) is 24.0 Å². The zero-order valence-corrected chi connectivity index (χ0v) is 14.7.